The van der Waals surface area contributed by atoms with Crippen LogP contribution in [0.25, 0.3) is 0 Å². The predicted molar refractivity (Wildman–Crippen MR) is 77.1 cm³/mol. The summed E-state index contributed by atoms with van der Waals surface area (Å²) in [6.45, 7) is 2.65. The molecule has 1 unspecified atom stereocenters. The number of rotatable bonds is 7. The maximum atomic E-state index is 12.1. The van der Waals surface area contributed by atoms with Crippen molar-refractivity contribution in [2.45, 2.75) is 32.2 Å². The summed E-state index contributed by atoms with van der Waals surface area (Å²) in [4.78, 5) is 13.8. The van der Waals surface area contributed by atoms with Crippen LogP contribution in [0.5, 0.6) is 5.75 Å². The molecule has 0 aliphatic heterocycles. The summed E-state index contributed by atoms with van der Waals surface area (Å²) < 4.78 is 5.34. The van der Waals surface area contributed by atoms with Crippen molar-refractivity contribution >= 4 is 5.91 Å². The first-order valence-electron chi connectivity index (χ1n) is 6.70. The molecule has 4 nitrogen and oxygen atoms in total. The lowest BCUT2D eigenvalue weighted by molar-refractivity contribution is -0.131. The fourth-order valence-electron chi connectivity index (χ4n) is 2.03. The van der Waals surface area contributed by atoms with E-state index in [-0.39, 0.29) is 11.9 Å². The third-order valence-corrected chi connectivity index (χ3v) is 3.41. The van der Waals surface area contributed by atoms with E-state index >= 15 is 0 Å². The monoisotopic (exact) mass is 264 g/mol. The Morgan fingerprint density at radius 1 is 1.37 bits per heavy atom. The van der Waals surface area contributed by atoms with Gasteiger partial charge in [-0.25, -0.2) is 0 Å². The maximum Gasteiger partial charge on any atom is 0.222 e. The number of nitrogens with two attached hydrogens (primary N) is 1. The average Bonchev–Trinajstić information content (AvgIpc) is 2.45. The summed E-state index contributed by atoms with van der Waals surface area (Å²) in [7, 11) is 3.48. The van der Waals surface area contributed by atoms with E-state index in [1.54, 1.807) is 12.0 Å². The molecule has 0 fully saturated rings. The van der Waals surface area contributed by atoms with E-state index in [2.05, 4.69) is 0 Å². The molecule has 0 saturated heterocycles. The number of ether oxygens (including phenoxy) is 1. The van der Waals surface area contributed by atoms with Gasteiger partial charge < -0.3 is 15.4 Å². The van der Waals surface area contributed by atoms with Crippen LogP contribution in [0.15, 0.2) is 24.3 Å². The Morgan fingerprint density at radius 3 is 2.68 bits per heavy atom. The van der Waals surface area contributed by atoms with Gasteiger partial charge in [-0.15, -0.1) is 0 Å². The number of nitrogens with zero attached hydrogens (tertiary/aromatic N) is 1. The third kappa shape index (κ3) is 4.24. The van der Waals surface area contributed by atoms with Crippen LogP contribution >= 0.6 is 0 Å². The van der Waals surface area contributed by atoms with E-state index in [0.29, 0.717) is 13.0 Å². The zero-order valence-corrected chi connectivity index (χ0v) is 12.1. The highest BCUT2D eigenvalue weighted by molar-refractivity contribution is 5.76. The molecule has 0 aromatic heterocycles. The minimum Gasteiger partial charge on any atom is -0.496 e. The number of carbonyl (C=O) groups is 1. The Labute approximate surface area is 115 Å². The number of methoxy groups -OCH3 is 1. The molecule has 1 amide bonds. The van der Waals surface area contributed by atoms with Gasteiger partial charge in [-0.3, -0.25) is 4.79 Å². The van der Waals surface area contributed by atoms with Gasteiger partial charge in [-0.05, 0) is 32.4 Å². The van der Waals surface area contributed by atoms with Crippen molar-refractivity contribution in [2.24, 2.45) is 5.73 Å². The van der Waals surface area contributed by atoms with Crippen LogP contribution in [0.4, 0.5) is 0 Å². The van der Waals surface area contributed by atoms with Gasteiger partial charge in [0, 0.05) is 19.0 Å². The zero-order valence-electron chi connectivity index (χ0n) is 12.1. The Bertz CT molecular complexity index is 407. The highest BCUT2D eigenvalue weighted by atomic mass is 16.5. The molecule has 1 aromatic carbocycles. The maximum absolute atomic E-state index is 12.1. The number of hydrogen-bond donors (Lipinski definition) is 1. The largest absolute Gasteiger partial charge is 0.496 e. The first kappa shape index (κ1) is 15.5. The van der Waals surface area contributed by atoms with Crippen LogP contribution in [0.3, 0.4) is 0 Å². The van der Waals surface area contributed by atoms with Crippen LogP contribution < -0.4 is 10.5 Å². The van der Waals surface area contributed by atoms with Gasteiger partial charge in [0.15, 0.2) is 0 Å². The van der Waals surface area contributed by atoms with Crippen molar-refractivity contribution < 1.29 is 9.53 Å². The number of hydrogen-bond acceptors (Lipinski definition) is 3. The molecule has 0 aliphatic rings. The molecule has 0 radical (unpaired) electrons. The second-order valence-corrected chi connectivity index (χ2v) is 4.67. The summed E-state index contributed by atoms with van der Waals surface area (Å²) in [6.07, 6.45) is 2.29. The lowest BCUT2D eigenvalue weighted by Gasteiger charge is -2.26. The normalized spacial score (nSPS) is 12.0. The van der Waals surface area contributed by atoms with Gasteiger partial charge in [0.05, 0.1) is 13.2 Å². The number of carbonyl (C=O) groups excluding carboxylic acids is 1. The lowest BCUT2D eigenvalue weighted by atomic mass is 10.1. The van der Waals surface area contributed by atoms with Crippen molar-refractivity contribution in [1.82, 2.24) is 4.90 Å². The average molecular weight is 264 g/mol. The van der Waals surface area contributed by atoms with Gasteiger partial charge >= 0.3 is 0 Å². The summed E-state index contributed by atoms with van der Waals surface area (Å²) in [5.41, 5.74) is 6.47. The van der Waals surface area contributed by atoms with Gasteiger partial charge in [-0.2, -0.15) is 0 Å². The minimum atomic E-state index is 0.00141. The van der Waals surface area contributed by atoms with Crippen molar-refractivity contribution in [3.63, 3.8) is 0 Å². The van der Waals surface area contributed by atoms with E-state index in [9.17, 15) is 4.79 Å². The van der Waals surface area contributed by atoms with Crippen LogP contribution in [0.2, 0.25) is 0 Å². The second-order valence-electron chi connectivity index (χ2n) is 4.67. The van der Waals surface area contributed by atoms with Crippen LogP contribution in [-0.4, -0.2) is 31.5 Å². The van der Waals surface area contributed by atoms with Crippen molar-refractivity contribution in [2.75, 3.05) is 20.7 Å². The number of benzene rings is 1. The molecule has 106 valence electrons. The van der Waals surface area contributed by atoms with Gasteiger partial charge in [0.2, 0.25) is 5.91 Å². The van der Waals surface area contributed by atoms with Crippen LogP contribution in [0, 0.1) is 0 Å². The number of para-hydroxylation sites is 1. The predicted octanol–water partition coefficient (Wildman–Crippen LogP) is 2.34. The molecule has 1 rings (SSSR count). The molecule has 0 saturated carbocycles. The van der Waals surface area contributed by atoms with E-state index in [0.717, 1.165) is 24.2 Å². The van der Waals surface area contributed by atoms with E-state index in [1.165, 1.54) is 0 Å². The van der Waals surface area contributed by atoms with Crippen molar-refractivity contribution in [3.05, 3.63) is 29.8 Å². The van der Waals surface area contributed by atoms with Crippen LogP contribution in [-0.2, 0) is 4.79 Å². The molecule has 0 spiro atoms. The molecular weight excluding hydrogens is 240 g/mol. The van der Waals surface area contributed by atoms with Gasteiger partial charge in [-0.1, -0.05) is 18.2 Å². The third-order valence-electron chi connectivity index (χ3n) is 3.41. The molecule has 2 N–H and O–H groups in total. The summed E-state index contributed by atoms with van der Waals surface area (Å²) in [6, 6.07) is 7.80. The SMILES string of the molecule is COc1ccccc1C(C)N(C)C(=O)CCCCN. The zero-order chi connectivity index (χ0) is 14.3. The number of amides is 1. The highest BCUT2D eigenvalue weighted by Gasteiger charge is 2.19. The molecule has 1 aromatic rings. The molecule has 19 heavy (non-hydrogen) atoms. The highest BCUT2D eigenvalue weighted by Crippen LogP contribution is 2.28. The molecule has 1 atom stereocenters. The summed E-state index contributed by atoms with van der Waals surface area (Å²) in [5.74, 6) is 0.962. The van der Waals surface area contributed by atoms with Crippen LogP contribution in [0.1, 0.15) is 37.8 Å². The number of unbranched alkanes of at least 4 members (excludes halogenated alkanes) is 1. The first-order chi connectivity index (χ1) is 9.11. The standard InChI is InChI=1S/C15H24N2O2/c1-12(13-8-4-5-9-14(13)19-3)17(2)15(18)10-6-7-11-16/h4-5,8-9,12H,6-7,10-11,16H2,1-3H3. The van der Waals surface area contributed by atoms with Crippen molar-refractivity contribution in [3.8, 4) is 5.75 Å². The molecule has 0 heterocycles. The molecule has 0 aliphatic carbocycles. The Morgan fingerprint density at radius 2 is 2.05 bits per heavy atom. The quantitative estimate of drug-likeness (QED) is 0.769. The lowest BCUT2D eigenvalue weighted by Crippen LogP contribution is -2.29. The summed E-state index contributed by atoms with van der Waals surface area (Å²) in [5, 5.41) is 0. The fourth-order valence-corrected chi connectivity index (χ4v) is 2.03. The van der Waals surface area contributed by atoms with E-state index < -0.39 is 0 Å². The molecule has 0 bridgehead atoms. The first-order valence-corrected chi connectivity index (χ1v) is 6.70. The smallest absolute Gasteiger partial charge is 0.222 e. The van der Waals surface area contributed by atoms with E-state index in [4.69, 9.17) is 10.5 Å². The fraction of sp³-hybridized carbons (Fsp3) is 0.533. The summed E-state index contributed by atoms with van der Waals surface area (Å²) >= 11 is 0. The second kappa shape index (κ2) is 7.79. The Balaban J connectivity index is 2.70. The van der Waals surface area contributed by atoms with E-state index in [1.807, 2.05) is 38.2 Å². The topological polar surface area (TPSA) is 55.6 Å². The van der Waals surface area contributed by atoms with Crippen molar-refractivity contribution in [1.29, 1.82) is 0 Å². The molecular formula is C15H24N2O2. The minimum absolute atomic E-state index is 0.00141. The molecule has 4 heteroatoms. The Hall–Kier alpha value is -1.55. The van der Waals surface area contributed by atoms with Gasteiger partial charge in [0.1, 0.15) is 5.75 Å². The Kier molecular flexibility index (Phi) is 6.36. The van der Waals surface area contributed by atoms with Gasteiger partial charge in [0.25, 0.3) is 0 Å².